The molecule has 0 heterocycles. The van der Waals surface area contributed by atoms with Crippen LogP contribution in [0.15, 0.2) is 28.7 Å². The van der Waals surface area contributed by atoms with Gasteiger partial charge in [0.2, 0.25) is 0 Å². The van der Waals surface area contributed by atoms with Gasteiger partial charge in [-0.2, -0.15) is 0 Å². The van der Waals surface area contributed by atoms with E-state index in [-0.39, 0.29) is 0 Å². The van der Waals surface area contributed by atoms with Crippen molar-refractivity contribution in [3.8, 4) is 0 Å². The first kappa shape index (κ1) is 13.1. The third kappa shape index (κ3) is 5.66. The largest absolute Gasteiger partial charge is 0.316 e. The average Bonchev–Trinajstić information content (AvgIpc) is 3.14. The summed E-state index contributed by atoms with van der Waals surface area (Å²) in [7, 11) is 0. The zero-order valence-electron chi connectivity index (χ0n) is 10.2. The lowest BCUT2D eigenvalue weighted by atomic mass is 10.1. The number of hydrogen-bond donors (Lipinski definition) is 2. The molecule has 1 aliphatic rings. The van der Waals surface area contributed by atoms with Crippen LogP contribution in [0.4, 0.5) is 0 Å². The van der Waals surface area contributed by atoms with Gasteiger partial charge in [-0.1, -0.05) is 28.1 Å². The minimum absolute atomic E-state index is 0.845. The van der Waals surface area contributed by atoms with Crippen LogP contribution in [0.1, 0.15) is 24.8 Å². The number of benzene rings is 1. The minimum atomic E-state index is 0.845. The standard InChI is InChI=1S/C14H21BrN2/c15-13-4-2-12(3-5-13)8-11-16-9-1-10-17-14-6-7-14/h2-5,14,16-17H,1,6-11H2. The monoisotopic (exact) mass is 296 g/mol. The fourth-order valence-corrected chi connectivity index (χ4v) is 2.08. The summed E-state index contributed by atoms with van der Waals surface area (Å²) < 4.78 is 1.15. The van der Waals surface area contributed by atoms with E-state index >= 15 is 0 Å². The summed E-state index contributed by atoms with van der Waals surface area (Å²) in [5.74, 6) is 0. The maximum Gasteiger partial charge on any atom is 0.0175 e. The van der Waals surface area contributed by atoms with Crippen LogP contribution in [0.5, 0.6) is 0 Å². The van der Waals surface area contributed by atoms with Crippen molar-refractivity contribution in [2.75, 3.05) is 19.6 Å². The Morgan fingerprint density at radius 1 is 1.06 bits per heavy atom. The molecular weight excluding hydrogens is 276 g/mol. The SMILES string of the molecule is Brc1ccc(CCNCCCNC2CC2)cc1. The van der Waals surface area contributed by atoms with Crippen molar-refractivity contribution in [3.05, 3.63) is 34.3 Å². The molecule has 1 fully saturated rings. The lowest BCUT2D eigenvalue weighted by molar-refractivity contribution is 0.594. The Hall–Kier alpha value is -0.380. The number of hydrogen-bond acceptors (Lipinski definition) is 2. The van der Waals surface area contributed by atoms with Crippen LogP contribution in [0, 0.1) is 0 Å². The first-order valence-electron chi connectivity index (χ1n) is 6.53. The lowest BCUT2D eigenvalue weighted by Gasteiger charge is -2.06. The predicted octanol–water partition coefficient (Wildman–Crippen LogP) is 2.72. The number of halogens is 1. The molecule has 2 rings (SSSR count). The molecule has 0 atom stereocenters. The second-order valence-electron chi connectivity index (χ2n) is 4.71. The molecule has 0 unspecified atom stereocenters. The summed E-state index contributed by atoms with van der Waals surface area (Å²) in [5, 5.41) is 7.02. The normalized spacial score (nSPS) is 15.1. The van der Waals surface area contributed by atoms with Crippen molar-refractivity contribution >= 4 is 15.9 Å². The van der Waals surface area contributed by atoms with E-state index in [2.05, 4.69) is 50.8 Å². The molecule has 2 nitrogen and oxygen atoms in total. The highest BCUT2D eigenvalue weighted by Crippen LogP contribution is 2.18. The number of rotatable bonds is 8. The molecular formula is C14H21BrN2. The van der Waals surface area contributed by atoms with Crippen LogP contribution in [0.25, 0.3) is 0 Å². The van der Waals surface area contributed by atoms with E-state index in [1.165, 1.54) is 24.8 Å². The average molecular weight is 297 g/mol. The van der Waals surface area contributed by atoms with E-state index in [9.17, 15) is 0 Å². The van der Waals surface area contributed by atoms with Crippen LogP contribution >= 0.6 is 15.9 Å². The Kier molecular flexibility index (Phi) is 5.49. The van der Waals surface area contributed by atoms with Crippen molar-refractivity contribution in [1.82, 2.24) is 10.6 Å². The van der Waals surface area contributed by atoms with E-state index < -0.39 is 0 Å². The molecule has 3 heteroatoms. The van der Waals surface area contributed by atoms with Gasteiger partial charge in [-0.25, -0.2) is 0 Å². The van der Waals surface area contributed by atoms with Gasteiger partial charge >= 0.3 is 0 Å². The molecule has 1 aromatic carbocycles. The third-order valence-electron chi connectivity index (χ3n) is 3.04. The Bertz CT molecular complexity index is 319. The van der Waals surface area contributed by atoms with Crippen LogP contribution in [0.3, 0.4) is 0 Å². The molecule has 94 valence electrons. The molecule has 1 saturated carbocycles. The van der Waals surface area contributed by atoms with Crippen molar-refractivity contribution in [2.45, 2.75) is 31.7 Å². The smallest absolute Gasteiger partial charge is 0.0175 e. The van der Waals surface area contributed by atoms with Gasteiger partial charge < -0.3 is 10.6 Å². The molecule has 0 amide bonds. The first-order valence-corrected chi connectivity index (χ1v) is 7.32. The highest BCUT2D eigenvalue weighted by Gasteiger charge is 2.19. The Balaban J connectivity index is 1.46. The highest BCUT2D eigenvalue weighted by molar-refractivity contribution is 9.10. The maximum atomic E-state index is 3.53. The van der Waals surface area contributed by atoms with Gasteiger partial charge in [0.25, 0.3) is 0 Å². The summed E-state index contributed by atoms with van der Waals surface area (Å²) in [6.07, 6.45) is 5.12. The van der Waals surface area contributed by atoms with Crippen molar-refractivity contribution in [2.24, 2.45) is 0 Å². The molecule has 0 aromatic heterocycles. The van der Waals surface area contributed by atoms with E-state index in [0.717, 1.165) is 36.6 Å². The maximum absolute atomic E-state index is 3.53. The van der Waals surface area contributed by atoms with Gasteiger partial charge in [-0.3, -0.25) is 0 Å². The van der Waals surface area contributed by atoms with E-state index in [0.29, 0.717) is 0 Å². The molecule has 1 aliphatic carbocycles. The molecule has 0 radical (unpaired) electrons. The summed E-state index contributed by atoms with van der Waals surface area (Å²) in [4.78, 5) is 0. The van der Waals surface area contributed by atoms with Gasteiger partial charge in [0.05, 0.1) is 0 Å². The summed E-state index contributed by atoms with van der Waals surface area (Å²) in [5.41, 5.74) is 1.40. The van der Waals surface area contributed by atoms with Crippen molar-refractivity contribution < 1.29 is 0 Å². The molecule has 1 aromatic rings. The fraction of sp³-hybridized carbons (Fsp3) is 0.571. The molecule has 17 heavy (non-hydrogen) atoms. The summed E-state index contributed by atoms with van der Waals surface area (Å²) in [6.45, 7) is 3.36. The van der Waals surface area contributed by atoms with Gasteiger partial charge in [0.1, 0.15) is 0 Å². The quantitative estimate of drug-likeness (QED) is 0.721. The Labute approximate surface area is 112 Å². The van der Waals surface area contributed by atoms with Gasteiger partial charge in [0, 0.05) is 10.5 Å². The molecule has 0 aliphatic heterocycles. The van der Waals surface area contributed by atoms with Gasteiger partial charge in [-0.15, -0.1) is 0 Å². The first-order chi connectivity index (χ1) is 8.34. The van der Waals surface area contributed by atoms with E-state index in [1.807, 2.05) is 0 Å². The molecule has 0 bridgehead atoms. The van der Waals surface area contributed by atoms with Crippen LogP contribution in [-0.4, -0.2) is 25.7 Å². The van der Waals surface area contributed by atoms with Gasteiger partial charge in [0.15, 0.2) is 0 Å². The van der Waals surface area contributed by atoms with Crippen molar-refractivity contribution in [1.29, 1.82) is 0 Å². The third-order valence-corrected chi connectivity index (χ3v) is 3.57. The second-order valence-corrected chi connectivity index (χ2v) is 5.62. The van der Waals surface area contributed by atoms with Crippen molar-refractivity contribution in [3.63, 3.8) is 0 Å². The minimum Gasteiger partial charge on any atom is -0.316 e. The van der Waals surface area contributed by atoms with Crippen LogP contribution in [0.2, 0.25) is 0 Å². The van der Waals surface area contributed by atoms with Crippen LogP contribution in [-0.2, 0) is 6.42 Å². The van der Waals surface area contributed by atoms with Gasteiger partial charge in [-0.05, 0) is 63.0 Å². The molecule has 2 N–H and O–H groups in total. The zero-order chi connectivity index (χ0) is 11.9. The zero-order valence-corrected chi connectivity index (χ0v) is 11.8. The fourth-order valence-electron chi connectivity index (χ4n) is 1.82. The molecule has 0 spiro atoms. The Morgan fingerprint density at radius 2 is 1.82 bits per heavy atom. The van der Waals surface area contributed by atoms with Crippen LogP contribution < -0.4 is 10.6 Å². The Morgan fingerprint density at radius 3 is 2.53 bits per heavy atom. The molecule has 0 saturated heterocycles. The lowest BCUT2D eigenvalue weighted by Crippen LogP contribution is -2.24. The topological polar surface area (TPSA) is 24.1 Å². The van der Waals surface area contributed by atoms with E-state index in [4.69, 9.17) is 0 Å². The summed E-state index contributed by atoms with van der Waals surface area (Å²) >= 11 is 3.45. The second kappa shape index (κ2) is 7.14. The van der Waals surface area contributed by atoms with E-state index in [1.54, 1.807) is 0 Å². The highest BCUT2D eigenvalue weighted by atomic mass is 79.9. The number of nitrogens with one attached hydrogen (secondary N) is 2. The summed E-state index contributed by atoms with van der Waals surface area (Å²) in [6, 6.07) is 9.42. The predicted molar refractivity (Wildman–Crippen MR) is 76.4 cm³/mol.